The van der Waals surface area contributed by atoms with Gasteiger partial charge in [-0.05, 0) is 43.4 Å². The summed E-state index contributed by atoms with van der Waals surface area (Å²) < 4.78 is 13.7. The molecule has 1 saturated heterocycles. The topological polar surface area (TPSA) is 110 Å². The first-order valence-corrected chi connectivity index (χ1v) is 9.62. The van der Waals surface area contributed by atoms with E-state index in [1.165, 1.54) is 6.07 Å². The number of benzene rings is 1. The van der Waals surface area contributed by atoms with E-state index in [2.05, 4.69) is 5.32 Å². The molecule has 1 heterocycles. The Kier molecular flexibility index (Phi) is 5.81. The van der Waals surface area contributed by atoms with Crippen LogP contribution in [0.4, 0.5) is 10.1 Å². The van der Waals surface area contributed by atoms with Crippen LogP contribution in [0.3, 0.4) is 0 Å². The number of nitrogens with two attached hydrogens (primary N) is 1. The molecule has 3 rings (SSSR count). The van der Waals surface area contributed by atoms with Gasteiger partial charge in [-0.2, -0.15) is 0 Å². The Bertz CT molecular complexity index is 870. The fourth-order valence-corrected chi connectivity index (χ4v) is 3.93. The van der Waals surface area contributed by atoms with Gasteiger partial charge in [0.25, 0.3) is 5.91 Å². The molecule has 0 saturated carbocycles. The molecule has 4 amide bonds. The van der Waals surface area contributed by atoms with Crippen LogP contribution in [0, 0.1) is 23.6 Å². The van der Waals surface area contributed by atoms with E-state index in [4.69, 9.17) is 5.73 Å². The molecular formula is C21H24FN3O4. The van der Waals surface area contributed by atoms with Gasteiger partial charge < -0.3 is 11.1 Å². The van der Waals surface area contributed by atoms with Crippen molar-refractivity contribution in [2.45, 2.75) is 39.2 Å². The summed E-state index contributed by atoms with van der Waals surface area (Å²) in [4.78, 5) is 51.3. The lowest BCUT2D eigenvalue weighted by molar-refractivity contribution is -0.147. The number of allylic oxidation sites excluding steroid dienone is 2. The number of anilines is 1. The number of primary amides is 1. The van der Waals surface area contributed by atoms with Crippen molar-refractivity contribution in [1.29, 1.82) is 0 Å². The maximum absolute atomic E-state index is 13.7. The van der Waals surface area contributed by atoms with Crippen molar-refractivity contribution < 1.29 is 23.6 Å². The van der Waals surface area contributed by atoms with Gasteiger partial charge >= 0.3 is 0 Å². The minimum atomic E-state index is -0.984. The summed E-state index contributed by atoms with van der Waals surface area (Å²) in [6.07, 6.45) is 5.04. The van der Waals surface area contributed by atoms with Crippen LogP contribution in [0.5, 0.6) is 0 Å². The molecule has 1 aliphatic heterocycles. The minimum Gasteiger partial charge on any atom is -0.366 e. The van der Waals surface area contributed by atoms with Gasteiger partial charge in [0, 0.05) is 5.69 Å². The summed E-state index contributed by atoms with van der Waals surface area (Å²) in [6.45, 7) is 3.78. The lowest BCUT2D eigenvalue weighted by Crippen LogP contribution is -2.48. The Morgan fingerprint density at radius 1 is 1.17 bits per heavy atom. The smallest absolute Gasteiger partial charge is 0.251 e. The van der Waals surface area contributed by atoms with Crippen LogP contribution in [0.1, 0.15) is 43.5 Å². The van der Waals surface area contributed by atoms with Crippen molar-refractivity contribution in [2.24, 2.45) is 23.5 Å². The molecule has 3 unspecified atom stereocenters. The molecule has 1 aromatic rings. The van der Waals surface area contributed by atoms with Crippen LogP contribution in [0.2, 0.25) is 0 Å². The van der Waals surface area contributed by atoms with E-state index in [0.717, 1.165) is 17.0 Å². The summed E-state index contributed by atoms with van der Waals surface area (Å²) >= 11 is 0. The number of fused-ring (bicyclic) bond motifs is 1. The Hall–Kier alpha value is -3.03. The molecule has 3 N–H and O–H groups in total. The van der Waals surface area contributed by atoms with Crippen LogP contribution in [-0.2, 0) is 14.4 Å². The molecule has 1 aromatic carbocycles. The number of hydrogen-bond acceptors (Lipinski definition) is 4. The van der Waals surface area contributed by atoms with Crippen LogP contribution < -0.4 is 11.1 Å². The second-order valence-electron chi connectivity index (χ2n) is 7.90. The predicted molar refractivity (Wildman–Crippen MR) is 104 cm³/mol. The zero-order valence-electron chi connectivity index (χ0n) is 16.4. The van der Waals surface area contributed by atoms with Gasteiger partial charge in [0.2, 0.25) is 17.7 Å². The Labute approximate surface area is 168 Å². The van der Waals surface area contributed by atoms with Gasteiger partial charge in [0.1, 0.15) is 11.9 Å². The van der Waals surface area contributed by atoms with Crippen molar-refractivity contribution >= 4 is 29.3 Å². The van der Waals surface area contributed by atoms with Crippen LogP contribution in [-0.4, -0.2) is 34.6 Å². The zero-order chi connectivity index (χ0) is 21.3. The van der Waals surface area contributed by atoms with Crippen LogP contribution in [0.15, 0.2) is 30.4 Å². The normalized spacial score (nSPS) is 22.0. The fraction of sp³-hybridized carbons (Fsp3) is 0.429. The molecule has 7 nitrogen and oxygen atoms in total. The molecule has 1 aliphatic carbocycles. The van der Waals surface area contributed by atoms with Crippen LogP contribution >= 0.6 is 0 Å². The average Bonchev–Trinajstić information content (AvgIpc) is 2.92. The lowest BCUT2D eigenvalue weighted by atomic mass is 9.85. The molecule has 154 valence electrons. The molecule has 0 radical (unpaired) electrons. The molecule has 0 spiro atoms. The van der Waals surface area contributed by atoms with E-state index in [0.29, 0.717) is 19.3 Å². The third-order valence-electron chi connectivity index (χ3n) is 5.35. The van der Waals surface area contributed by atoms with E-state index < -0.39 is 35.5 Å². The first-order valence-electron chi connectivity index (χ1n) is 9.62. The maximum atomic E-state index is 13.7. The molecule has 2 aliphatic rings. The summed E-state index contributed by atoms with van der Waals surface area (Å²) in [5.41, 5.74) is 4.96. The van der Waals surface area contributed by atoms with Crippen molar-refractivity contribution in [3.8, 4) is 0 Å². The zero-order valence-corrected chi connectivity index (χ0v) is 16.4. The first kappa shape index (κ1) is 20.7. The van der Waals surface area contributed by atoms with Gasteiger partial charge in [-0.1, -0.05) is 26.0 Å². The van der Waals surface area contributed by atoms with Gasteiger partial charge in [0.05, 0.1) is 17.4 Å². The molecule has 0 bridgehead atoms. The standard InChI is InChI=1S/C21H24FN3O4/c1-11(2)9-17(25-20(28)13-5-3-4-6-14(13)21(25)29)19(27)24-12-7-8-16(22)15(10-12)18(23)26/h3-4,7-8,10-11,13-14,17H,5-6,9H2,1-2H3,(H2,23,26)(H,24,27). The second-order valence-corrected chi connectivity index (χ2v) is 7.90. The predicted octanol–water partition coefficient (Wildman–Crippen LogP) is 2.23. The Morgan fingerprint density at radius 2 is 1.76 bits per heavy atom. The Balaban J connectivity index is 1.86. The van der Waals surface area contributed by atoms with Crippen molar-refractivity contribution in [3.05, 3.63) is 41.7 Å². The number of hydrogen-bond donors (Lipinski definition) is 2. The van der Waals surface area contributed by atoms with Crippen LogP contribution in [0.25, 0.3) is 0 Å². The molecule has 3 atom stereocenters. The van der Waals surface area contributed by atoms with E-state index in [-0.39, 0.29) is 29.0 Å². The number of carbonyl (C=O) groups is 4. The third kappa shape index (κ3) is 4.06. The number of rotatable bonds is 6. The Morgan fingerprint density at radius 3 is 2.28 bits per heavy atom. The van der Waals surface area contributed by atoms with Gasteiger partial charge in [-0.25, -0.2) is 4.39 Å². The number of nitrogens with zero attached hydrogens (tertiary/aromatic N) is 1. The number of imide groups is 1. The summed E-state index contributed by atoms with van der Waals surface area (Å²) in [5, 5.41) is 2.59. The highest BCUT2D eigenvalue weighted by Crippen LogP contribution is 2.37. The molecule has 8 heteroatoms. The van der Waals surface area contributed by atoms with Crippen molar-refractivity contribution in [1.82, 2.24) is 4.90 Å². The van der Waals surface area contributed by atoms with Gasteiger partial charge in [-0.3, -0.25) is 24.1 Å². The van der Waals surface area contributed by atoms with Crippen molar-refractivity contribution in [3.63, 3.8) is 0 Å². The maximum Gasteiger partial charge on any atom is 0.251 e. The molecule has 0 aromatic heterocycles. The number of amides is 4. The number of carbonyl (C=O) groups excluding carboxylic acids is 4. The van der Waals surface area contributed by atoms with Gasteiger partial charge in [-0.15, -0.1) is 0 Å². The number of halogens is 1. The van der Waals surface area contributed by atoms with E-state index in [1.54, 1.807) is 0 Å². The SMILES string of the molecule is CC(C)CC(C(=O)Nc1ccc(F)c(C(N)=O)c1)N1C(=O)C2CC=CCC2C1=O. The summed E-state index contributed by atoms with van der Waals surface area (Å²) in [6, 6.07) is 2.48. The highest BCUT2D eigenvalue weighted by atomic mass is 19.1. The quantitative estimate of drug-likeness (QED) is 0.563. The van der Waals surface area contributed by atoms with Crippen molar-refractivity contribution in [2.75, 3.05) is 5.32 Å². The largest absolute Gasteiger partial charge is 0.366 e. The fourth-order valence-electron chi connectivity index (χ4n) is 3.93. The highest BCUT2D eigenvalue weighted by molar-refractivity contribution is 6.10. The average molecular weight is 401 g/mol. The third-order valence-corrected chi connectivity index (χ3v) is 5.35. The summed E-state index contributed by atoms with van der Waals surface area (Å²) in [7, 11) is 0. The lowest BCUT2D eigenvalue weighted by Gasteiger charge is -2.27. The monoisotopic (exact) mass is 401 g/mol. The second kappa shape index (κ2) is 8.14. The molecular weight excluding hydrogens is 377 g/mol. The van der Waals surface area contributed by atoms with E-state index in [9.17, 15) is 23.6 Å². The highest BCUT2D eigenvalue weighted by Gasteiger charge is 2.51. The van der Waals surface area contributed by atoms with Gasteiger partial charge in [0.15, 0.2) is 0 Å². The molecule has 1 fully saturated rings. The van der Waals surface area contributed by atoms with E-state index >= 15 is 0 Å². The first-order chi connectivity index (χ1) is 13.7. The number of likely N-dealkylation sites (tertiary alicyclic amines) is 1. The number of nitrogens with one attached hydrogen (secondary N) is 1. The molecule has 29 heavy (non-hydrogen) atoms. The van der Waals surface area contributed by atoms with E-state index in [1.807, 2.05) is 26.0 Å². The minimum absolute atomic E-state index is 0.0431. The summed E-state index contributed by atoms with van der Waals surface area (Å²) in [5.74, 6) is -3.79.